The average Bonchev–Trinajstić information content (AvgIpc) is 3.04. The summed E-state index contributed by atoms with van der Waals surface area (Å²) in [7, 11) is 2.54. The predicted molar refractivity (Wildman–Crippen MR) is 80.3 cm³/mol. The molecule has 0 amide bonds. The zero-order chi connectivity index (χ0) is 16.6. The highest BCUT2D eigenvalue weighted by Crippen LogP contribution is 2.48. The predicted octanol–water partition coefficient (Wildman–Crippen LogP) is 1.96. The summed E-state index contributed by atoms with van der Waals surface area (Å²) in [4.78, 5) is 24.8. The van der Waals surface area contributed by atoms with Crippen LogP contribution in [0.25, 0.3) is 0 Å². The molecule has 0 bridgehead atoms. The zero-order valence-electron chi connectivity index (χ0n) is 13.1. The fourth-order valence-electron chi connectivity index (χ4n) is 3.38. The van der Waals surface area contributed by atoms with Crippen LogP contribution >= 0.6 is 0 Å². The van der Waals surface area contributed by atoms with Gasteiger partial charge in [0.2, 0.25) is 6.79 Å². The fourth-order valence-corrected chi connectivity index (χ4v) is 3.38. The van der Waals surface area contributed by atoms with E-state index < -0.39 is 17.4 Å². The highest BCUT2D eigenvalue weighted by molar-refractivity contribution is 6.01. The van der Waals surface area contributed by atoms with Gasteiger partial charge in [0, 0.05) is 5.92 Å². The van der Waals surface area contributed by atoms with E-state index in [0.29, 0.717) is 11.5 Å². The number of hydrogen-bond acceptors (Lipinski definition) is 6. The molecule has 2 aliphatic rings. The van der Waals surface area contributed by atoms with Crippen LogP contribution in [-0.4, -0.2) is 33.0 Å². The third-order valence-corrected chi connectivity index (χ3v) is 4.53. The van der Waals surface area contributed by atoms with Crippen LogP contribution in [0.15, 0.2) is 24.8 Å². The van der Waals surface area contributed by atoms with Gasteiger partial charge >= 0.3 is 11.9 Å². The minimum absolute atomic E-state index is 0.163. The van der Waals surface area contributed by atoms with E-state index in [1.165, 1.54) is 14.2 Å². The maximum atomic E-state index is 12.4. The number of benzene rings is 1. The van der Waals surface area contributed by atoms with Crippen molar-refractivity contribution >= 4 is 11.9 Å². The van der Waals surface area contributed by atoms with Crippen molar-refractivity contribution in [1.82, 2.24) is 0 Å². The quantitative estimate of drug-likeness (QED) is 0.482. The summed E-state index contributed by atoms with van der Waals surface area (Å²) >= 11 is 0. The number of allylic oxidation sites excluding steroid dienone is 1. The molecule has 1 aromatic carbocycles. The molecule has 1 aliphatic heterocycles. The third-order valence-electron chi connectivity index (χ3n) is 4.53. The van der Waals surface area contributed by atoms with Crippen LogP contribution in [-0.2, 0) is 25.5 Å². The van der Waals surface area contributed by atoms with Gasteiger partial charge < -0.3 is 18.9 Å². The molecule has 1 aromatic rings. The lowest BCUT2D eigenvalue weighted by atomic mass is 9.66. The lowest BCUT2D eigenvalue weighted by molar-refractivity contribution is -0.170. The van der Waals surface area contributed by atoms with Gasteiger partial charge in [0.15, 0.2) is 16.9 Å². The second kappa shape index (κ2) is 5.61. The monoisotopic (exact) mass is 318 g/mol. The smallest absolute Gasteiger partial charge is 0.323 e. The normalized spacial score (nSPS) is 20.3. The lowest BCUT2D eigenvalue weighted by Gasteiger charge is -2.36. The highest BCUT2D eigenvalue weighted by Gasteiger charge is 2.52. The molecule has 122 valence electrons. The van der Waals surface area contributed by atoms with Crippen molar-refractivity contribution in [1.29, 1.82) is 0 Å². The van der Waals surface area contributed by atoms with Crippen LogP contribution in [0.3, 0.4) is 0 Å². The summed E-state index contributed by atoms with van der Waals surface area (Å²) in [6, 6.07) is 3.70. The van der Waals surface area contributed by atoms with Gasteiger partial charge in [-0.2, -0.15) is 0 Å². The molecule has 6 heteroatoms. The van der Waals surface area contributed by atoms with Gasteiger partial charge in [-0.3, -0.25) is 9.59 Å². The van der Waals surface area contributed by atoms with Gasteiger partial charge in [0.1, 0.15) is 0 Å². The number of fused-ring (bicyclic) bond motifs is 2. The van der Waals surface area contributed by atoms with Crippen LogP contribution in [0.1, 0.15) is 23.5 Å². The molecule has 0 aromatic heterocycles. The summed E-state index contributed by atoms with van der Waals surface area (Å²) in [5.41, 5.74) is 0.442. The molecule has 0 saturated heterocycles. The molecule has 1 unspecified atom stereocenters. The first-order valence-electron chi connectivity index (χ1n) is 7.27. The van der Waals surface area contributed by atoms with Gasteiger partial charge in [-0.25, -0.2) is 0 Å². The second-order valence-corrected chi connectivity index (χ2v) is 5.69. The Morgan fingerprint density at radius 3 is 2.39 bits per heavy atom. The fraction of sp³-hybridized carbons (Fsp3) is 0.412. The van der Waals surface area contributed by atoms with E-state index in [1.807, 2.05) is 12.1 Å². The molecule has 6 nitrogen and oxygen atoms in total. The number of methoxy groups -OCH3 is 2. The average molecular weight is 318 g/mol. The van der Waals surface area contributed by atoms with Crippen molar-refractivity contribution in [2.75, 3.05) is 21.0 Å². The van der Waals surface area contributed by atoms with E-state index in [9.17, 15) is 9.59 Å². The number of carbonyl (C=O) groups is 2. The van der Waals surface area contributed by atoms with Crippen LogP contribution in [0, 0.1) is 5.41 Å². The Balaban J connectivity index is 2.12. The van der Waals surface area contributed by atoms with Gasteiger partial charge in [-0.05, 0) is 36.1 Å². The number of carbonyl (C=O) groups excluding carboxylic acids is 2. The molecule has 0 spiro atoms. The Hall–Kier alpha value is -2.50. The molecule has 0 radical (unpaired) electrons. The highest BCUT2D eigenvalue weighted by atomic mass is 16.7. The van der Waals surface area contributed by atoms with E-state index >= 15 is 0 Å². The van der Waals surface area contributed by atoms with E-state index in [4.69, 9.17) is 18.9 Å². The van der Waals surface area contributed by atoms with E-state index in [0.717, 1.165) is 11.1 Å². The summed E-state index contributed by atoms with van der Waals surface area (Å²) in [5.74, 6) is -0.109. The van der Waals surface area contributed by atoms with Crippen LogP contribution < -0.4 is 9.47 Å². The Labute approximate surface area is 134 Å². The second-order valence-electron chi connectivity index (χ2n) is 5.69. The topological polar surface area (TPSA) is 71.1 Å². The van der Waals surface area contributed by atoms with Crippen molar-refractivity contribution in [3.63, 3.8) is 0 Å². The summed E-state index contributed by atoms with van der Waals surface area (Å²) in [6.45, 7) is 4.00. The first-order valence-corrected chi connectivity index (χ1v) is 7.27. The number of esters is 2. The SMILES string of the molecule is C=CC1CC(C(=O)OC)(C(=O)OC)Cc2cc3c(cc21)OCO3. The summed E-state index contributed by atoms with van der Waals surface area (Å²) in [6.07, 6.45) is 2.17. The Morgan fingerprint density at radius 1 is 1.22 bits per heavy atom. The first kappa shape index (κ1) is 15.4. The third kappa shape index (κ3) is 2.25. The van der Waals surface area contributed by atoms with Gasteiger partial charge in [0.05, 0.1) is 14.2 Å². The maximum absolute atomic E-state index is 12.4. The molecule has 23 heavy (non-hydrogen) atoms. The maximum Gasteiger partial charge on any atom is 0.323 e. The Bertz CT molecular complexity index is 662. The molecule has 1 aliphatic carbocycles. The van der Waals surface area contributed by atoms with Crippen molar-refractivity contribution in [3.05, 3.63) is 35.9 Å². The molecule has 0 fully saturated rings. The van der Waals surface area contributed by atoms with Crippen LogP contribution in [0.4, 0.5) is 0 Å². The first-order chi connectivity index (χ1) is 11.1. The molecule has 1 heterocycles. The van der Waals surface area contributed by atoms with Crippen molar-refractivity contribution in [2.24, 2.45) is 5.41 Å². The van der Waals surface area contributed by atoms with Gasteiger partial charge in [0.25, 0.3) is 0 Å². The van der Waals surface area contributed by atoms with Crippen LogP contribution in [0.5, 0.6) is 11.5 Å². The lowest BCUT2D eigenvalue weighted by Crippen LogP contribution is -2.46. The largest absolute Gasteiger partial charge is 0.468 e. The standard InChI is InChI=1S/C17H18O6/c1-4-10-7-17(15(18)20-2,16(19)21-3)8-11-5-13-14(6-12(10)11)23-9-22-13/h4-6,10H,1,7-9H2,2-3H3. The van der Waals surface area contributed by atoms with Gasteiger partial charge in [-0.15, -0.1) is 6.58 Å². The van der Waals surface area contributed by atoms with Crippen molar-refractivity contribution in [3.8, 4) is 11.5 Å². The molecular weight excluding hydrogens is 300 g/mol. The molecule has 1 atom stereocenters. The van der Waals surface area contributed by atoms with Crippen LogP contribution in [0.2, 0.25) is 0 Å². The molecule has 0 saturated carbocycles. The molecular formula is C17H18O6. The Kier molecular flexibility index (Phi) is 3.75. The minimum atomic E-state index is -1.37. The number of rotatable bonds is 3. The zero-order valence-corrected chi connectivity index (χ0v) is 13.1. The number of hydrogen-bond donors (Lipinski definition) is 0. The summed E-state index contributed by atoms with van der Waals surface area (Å²) in [5, 5.41) is 0. The van der Waals surface area contributed by atoms with Crippen molar-refractivity contribution < 1.29 is 28.5 Å². The van der Waals surface area contributed by atoms with E-state index in [1.54, 1.807) is 6.08 Å². The van der Waals surface area contributed by atoms with Gasteiger partial charge in [-0.1, -0.05) is 6.08 Å². The van der Waals surface area contributed by atoms with E-state index in [2.05, 4.69) is 6.58 Å². The number of ether oxygens (including phenoxy) is 4. The molecule has 3 rings (SSSR count). The molecule has 0 N–H and O–H groups in total. The minimum Gasteiger partial charge on any atom is -0.468 e. The summed E-state index contributed by atoms with van der Waals surface area (Å²) < 4.78 is 20.6. The van der Waals surface area contributed by atoms with E-state index in [-0.39, 0.29) is 25.6 Å². The van der Waals surface area contributed by atoms with Crippen molar-refractivity contribution in [2.45, 2.75) is 18.8 Å². The Morgan fingerprint density at radius 2 is 1.83 bits per heavy atom.